The van der Waals surface area contributed by atoms with E-state index in [9.17, 15) is 21.6 Å². The van der Waals surface area contributed by atoms with Gasteiger partial charge in [0.25, 0.3) is 0 Å². The molecule has 0 aromatic heterocycles. The van der Waals surface area contributed by atoms with Crippen molar-refractivity contribution in [2.45, 2.75) is 24.0 Å². The highest BCUT2D eigenvalue weighted by Crippen LogP contribution is 2.29. The lowest BCUT2D eigenvalue weighted by atomic mass is 10.1. The van der Waals surface area contributed by atoms with Crippen LogP contribution in [0.1, 0.15) is 16.7 Å². The van der Waals surface area contributed by atoms with Crippen molar-refractivity contribution in [3.05, 3.63) is 65.2 Å². The Hall–Kier alpha value is -1.86. The van der Waals surface area contributed by atoms with Gasteiger partial charge in [-0.25, -0.2) is 12.7 Å². The van der Waals surface area contributed by atoms with Gasteiger partial charge in [-0.3, -0.25) is 4.99 Å². The van der Waals surface area contributed by atoms with E-state index in [1.54, 1.807) is 31.3 Å². The number of nitrogens with one attached hydrogen (secondary N) is 2. The first-order valence-corrected chi connectivity index (χ1v) is 10.6. The molecule has 0 aliphatic rings. The van der Waals surface area contributed by atoms with E-state index >= 15 is 0 Å². The molecule has 0 bridgehead atoms. The fourth-order valence-electron chi connectivity index (χ4n) is 2.58. The number of nitrogens with zero attached hydrogens (tertiary/aromatic N) is 2. The molecular weight excluding hydrogens is 544 g/mol. The zero-order valence-corrected chi connectivity index (χ0v) is 20.5. The summed E-state index contributed by atoms with van der Waals surface area (Å²) in [7, 11) is 1.10. The van der Waals surface area contributed by atoms with Crippen LogP contribution in [0.5, 0.6) is 0 Å². The Kier molecular flexibility index (Phi) is 10.2. The Morgan fingerprint density at radius 1 is 0.968 bits per heavy atom. The fourth-order valence-corrected chi connectivity index (χ4v) is 3.48. The third-order valence-electron chi connectivity index (χ3n) is 4.37. The number of rotatable bonds is 7. The van der Waals surface area contributed by atoms with Crippen LogP contribution in [-0.4, -0.2) is 46.4 Å². The minimum atomic E-state index is -4.34. The van der Waals surface area contributed by atoms with Gasteiger partial charge in [0.05, 0.1) is 10.5 Å². The monoisotopic (exact) mass is 570 g/mol. The van der Waals surface area contributed by atoms with Crippen LogP contribution in [0.25, 0.3) is 0 Å². The Balaban J connectivity index is 0.00000480. The first kappa shape index (κ1) is 27.2. The molecule has 0 fully saturated rings. The molecule has 0 saturated carbocycles. The Labute approximate surface area is 198 Å². The van der Waals surface area contributed by atoms with Crippen LogP contribution in [0.3, 0.4) is 0 Å². The molecule has 172 valence electrons. The summed E-state index contributed by atoms with van der Waals surface area (Å²) in [5, 5.41) is 6.21. The molecular formula is C20H26F3IN4O2S. The predicted octanol–water partition coefficient (Wildman–Crippen LogP) is 3.48. The van der Waals surface area contributed by atoms with Crippen molar-refractivity contribution >= 4 is 40.0 Å². The van der Waals surface area contributed by atoms with E-state index in [1.807, 2.05) is 0 Å². The Bertz CT molecular complexity index is 961. The maximum Gasteiger partial charge on any atom is 0.416 e. The minimum absolute atomic E-state index is 0. The summed E-state index contributed by atoms with van der Waals surface area (Å²) in [5.41, 5.74) is 0.989. The summed E-state index contributed by atoms with van der Waals surface area (Å²) in [5.74, 6) is 0.534. The molecule has 0 atom stereocenters. The average molecular weight is 570 g/mol. The molecule has 0 unspecified atom stereocenters. The highest BCUT2D eigenvalue weighted by atomic mass is 127. The van der Waals surface area contributed by atoms with Gasteiger partial charge in [-0.05, 0) is 41.8 Å². The predicted molar refractivity (Wildman–Crippen MR) is 126 cm³/mol. The zero-order valence-electron chi connectivity index (χ0n) is 17.4. The Morgan fingerprint density at radius 3 is 2.00 bits per heavy atom. The van der Waals surface area contributed by atoms with Crippen molar-refractivity contribution in [2.24, 2.45) is 4.99 Å². The minimum Gasteiger partial charge on any atom is -0.356 e. The first-order chi connectivity index (χ1) is 14.0. The van der Waals surface area contributed by atoms with E-state index in [4.69, 9.17) is 0 Å². The van der Waals surface area contributed by atoms with Crippen molar-refractivity contribution in [3.63, 3.8) is 0 Å². The van der Waals surface area contributed by atoms with Crippen LogP contribution in [-0.2, 0) is 29.2 Å². The largest absolute Gasteiger partial charge is 0.416 e. The van der Waals surface area contributed by atoms with Gasteiger partial charge in [-0.2, -0.15) is 13.2 Å². The maximum absolute atomic E-state index is 12.6. The number of benzene rings is 2. The van der Waals surface area contributed by atoms with Crippen LogP contribution in [0, 0.1) is 0 Å². The molecule has 0 heterocycles. The van der Waals surface area contributed by atoms with Gasteiger partial charge in [0.2, 0.25) is 10.0 Å². The smallest absolute Gasteiger partial charge is 0.356 e. The number of aliphatic imine (C=N–C) groups is 1. The second kappa shape index (κ2) is 11.7. The van der Waals surface area contributed by atoms with Crippen LogP contribution in [0.2, 0.25) is 0 Å². The van der Waals surface area contributed by atoms with E-state index in [-0.39, 0.29) is 28.9 Å². The van der Waals surface area contributed by atoms with E-state index in [0.29, 0.717) is 25.5 Å². The molecule has 0 amide bonds. The molecule has 6 nitrogen and oxygen atoms in total. The molecule has 2 N–H and O–H groups in total. The SMILES string of the molecule is CN=C(NCCc1ccc(C(F)(F)F)cc1)NCc1ccc(S(=O)(=O)N(C)C)cc1.I. The van der Waals surface area contributed by atoms with Crippen molar-refractivity contribution in [3.8, 4) is 0 Å². The number of hydrogen-bond donors (Lipinski definition) is 2. The van der Waals surface area contributed by atoms with Crippen LogP contribution in [0.15, 0.2) is 58.4 Å². The highest BCUT2D eigenvalue weighted by Gasteiger charge is 2.29. The molecule has 0 saturated heterocycles. The van der Waals surface area contributed by atoms with E-state index in [0.717, 1.165) is 27.6 Å². The van der Waals surface area contributed by atoms with Gasteiger partial charge in [-0.15, -0.1) is 24.0 Å². The molecule has 11 heteroatoms. The van der Waals surface area contributed by atoms with E-state index in [1.165, 1.54) is 26.2 Å². The topological polar surface area (TPSA) is 73.8 Å². The third-order valence-corrected chi connectivity index (χ3v) is 6.20. The number of guanidine groups is 1. The summed E-state index contributed by atoms with van der Waals surface area (Å²) in [6.07, 6.45) is -3.80. The lowest BCUT2D eigenvalue weighted by molar-refractivity contribution is -0.137. The molecule has 31 heavy (non-hydrogen) atoms. The average Bonchev–Trinajstić information content (AvgIpc) is 2.70. The van der Waals surface area contributed by atoms with E-state index < -0.39 is 21.8 Å². The van der Waals surface area contributed by atoms with Gasteiger partial charge in [0.1, 0.15) is 0 Å². The van der Waals surface area contributed by atoms with Gasteiger partial charge in [0, 0.05) is 34.2 Å². The second-order valence-electron chi connectivity index (χ2n) is 6.73. The normalized spacial score (nSPS) is 12.4. The van der Waals surface area contributed by atoms with Crippen LogP contribution >= 0.6 is 24.0 Å². The third kappa shape index (κ3) is 7.96. The summed E-state index contributed by atoms with van der Waals surface area (Å²) in [6, 6.07) is 11.6. The fraction of sp³-hybridized carbons (Fsp3) is 0.350. The molecule has 0 aliphatic carbocycles. The molecule has 0 radical (unpaired) electrons. The van der Waals surface area contributed by atoms with Crippen molar-refractivity contribution in [1.29, 1.82) is 0 Å². The van der Waals surface area contributed by atoms with E-state index in [2.05, 4.69) is 15.6 Å². The lowest BCUT2D eigenvalue weighted by Gasteiger charge is -2.14. The van der Waals surface area contributed by atoms with Crippen LogP contribution < -0.4 is 10.6 Å². The van der Waals surface area contributed by atoms with Crippen LogP contribution in [0.4, 0.5) is 13.2 Å². The number of sulfonamides is 1. The van der Waals surface area contributed by atoms with Gasteiger partial charge >= 0.3 is 6.18 Å². The quantitative estimate of drug-likeness (QED) is 0.304. The molecule has 0 aliphatic heterocycles. The first-order valence-electron chi connectivity index (χ1n) is 9.16. The highest BCUT2D eigenvalue weighted by molar-refractivity contribution is 14.0. The lowest BCUT2D eigenvalue weighted by Crippen LogP contribution is -2.37. The molecule has 2 aromatic rings. The summed E-state index contributed by atoms with van der Waals surface area (Å²) < 4.78 is 63.1. The summed E-state index contributed by atoms with van der Waals surface area (Å²) in [6.45, 7) is 0.924. The molecule has 0 spiro atoms. The van der Waals surface area contributed by atoms with Gasteiger partial charge in [-0.1, -0.05) is 24.3 Å². The molecule has 2 rings (SSSR count). The number of hydrogen-bond acceptors (Lipinski definition) is 3. The Morgan fingerprint density at radius 2 is 1.52 bits per heavy atom. The number of alkyl halides is 3. The van der Waals surface area contributed by atoms with Crippen molar-refractivity contribution in [1.82, 2.24) is 14.9 Å². The standard InChI is InChI=1S/C20H25F3N4O2S.HI/c1-24-19(25-13-12-15-4-8-17(9-5-15)20(21,22)23)26-14-16-6-10-18(11-7-16)30(28,29)27(2)3;/h4-11H,12-14H2,1-3H3,(H2,24,25,26);1H. The summed E-state index contributed by atoms with van der Waals surface area (Å²) >= 11 is 0. The number of halogens is 4. The summed E-state index contributed by atoms with van der Waals surface area (Å²) in [4.78, 5) is 4.32. The van der Waals surface area contributed by atoms with Crippen molar-refractivity contribution in [2.75, 3.05) is 27.7 Å². The second-order valence-corrected chi connectivity index (χ2v) is 8.88. The molecule has 2 aromatic carbocycles. The maximum atomic E-state index is 12.6. The van der Waals surface area contributed by atoms with Gasteiger partial charge < -0.3 is 10.6 Å². The zero-order chi connectivity index (χ0) is 22.4. The van der Waals surface area contributed by atoms with Gasteiger partial charge in [0.15, 0.2) is 5.96 Å². The van der Waals surface area contributed by atoms with Crippen molar-refractivity contribution < 1.29 is 21.6 Å².